The lowest BCUT2D eigenvalue weighted by molar-refractivity contribution is 0.131. The highest BCUT2D eigenvalue weighted by Gasteiger charge is 2.37. The second-order valence-electron chi connectivity index (χ2n) is 4.63. The Morgan fingerprint density at radius 1 is 1.36 bits per heavy atom. The van der Waals surface area contributed by atoms with E-state index in [1.807, 2.05) is 0 Å². The molecule has 2 heterocycles. The standard InChI is InChI=1S/C10H18N4/c1-14-9-2-3-10(14)7-8(6-9)4-5-12-13-11/h8-10H,2-7H2,1H3. The minimum absolute atomic E-state index is 0.685. The Bertz CT molecular complexity index is 233. The van der Waals surface area contributed by atoms with Crippen molar-refractivity contribution in [2.75, 3.05) is 13.6 Å². The fourth-order valence-electron chi connectivity index (χ4n) is 3.04. The third-order valence-corrected chi connectivity index (χ3v) is 3.90. The second kappa shape index (κ2) is 4.20. The maximum Gasteiger partial charge on any atom is 0.0260 e. The van der Waals surface area contributed by atoms with Gasteiger partial charge in [0.2, 0.25) is 0 Å². The van der Waals surface area contributed by atoms with E-state index in [4.69, 9.17) is 5.53 Å². The minimum Gasteiger partial charge on any atom is -0.300 e. The van der Waals surface area contributed by atoms with Crippen LogP contribution in [0.1, 0.15) is 32.1 Å². The van der Waals surface area contributed by atoms with Gasteiger partial charge in [-0.3, -0.25) is 0 Å². The van der Waals surface area contributed by atoms with E-state index in [0.717, 1.165) is 24.4 Å². The first-order chi connectivity index (χ1) is 6.81. The number of nitrogens with zero attached hydrogens (tertiary/aromatic N) is 4. The summed E-state index contributed by atoms with van der Waals surface area (Å²) in [5, 5.41) is 3.62. The van der Waals surface area contributed by atoms with Gasteiger partial charge in [0.25, 0.3) is 0 Å². The predicted octanol–water partition coefficient (Wildman–Crippen LogP) is 2.56. The predicted molar refractivity (Wildman–Crippen MR) is 55.9 cm³/mol. The summed E-state index contributed by atoms with van der Waals surface area (Å²) in [5.41, 5.74) is 8.20. The lowest BCUT2D eigenvalue weighted by Gasteiger charge is -2.36. The Morgan fingerprint density at radius 2 is 2.00 bits per heavy atom. The summed E-state index contributed by atoms with van der Waals surface area (Å²) in [7, 11) is 2.26. The number of hydrogen-bond donors (Lipinski definition) is 0. The van der Waals surface area contributed by atoms with Gasteiger partial charge in [0.1, 0.15) is 0 Å². The molecule has 2 atom stereocenters. The molecule has 0 N–H and O–H groups in total. The van der Waals surface area contributed by atoms with Gasteiger partial charge in [-0.1, -0.05) is 5.11 Å². The lowest BCUT2D eigenvalue weighted by Crippen LogP contribution is -2.39. The van der Waals surface area contributed by atoms with Crippen molar-refractivity contribution in [2.24, 2.45) is 11.0 Å². The summed E-state index contributed by atoms with van der Waals surface area (Å²) in [6.07, 6.45) is 6.46. The minimum atomic E-state index is 0.685. The van der Waals surface area contributed by atoms with Gasteiger partial charge >= 0.3 is 0 Å². The van der Waals surface area contributed by atoms with E-state index in [1.54, 1.807) is 0 Å². The average Bonchev–Trinajstić information content (AvgIpc) is 2.41. The molecule has 0 radical (unpaired) electrons. The third-order valence-electron chi connectivity index (χ3n) is 3.90. The van der Waals surface area contributed by atoms with Gasteiger partial charge in [-0.15, -0.1) is 0 Å². The van der Waals surface area contributed by atoms with Gasteiger partial charge in [0, 0.05) is 23.5 Å². The summed E-state index contributed by atoms with van der Waals surface area (Å²) < 4.78 is 0. The van der Waals surface area contributed by atoms with E-state index in [2.05, 4.69) is 22.0 Å². The second-order valence-corrected chi connectivity index (χ2v) is 4.63. The van der Waals surface area contributed by atoms with Crippen molar-refractivity contribution in [3.63, 3.8) is 0 Å². The van der Waals surface area contributed by atoms with Gasteiger partial charge in [-0.2, -0.15) is 0 Å². The van der Waals surface area contributed by atoms with Gasteiger partial charge in [-0.05, 0) is 50.6 Å². The van der Waals surface area contributed by atoms with Crippen molar-refractivity contribution >= 4 is 0 Å². The first-order valence-electron chi connectivity index (χ1n) is 5.54. The smallest absolute Gasteiger partial charge is 0.0260 e. The largest absolute Gasteiger partial charge is 0.300 e. The number of azide groups is 1. The molecule has 2 saturated heterocycles. The monoisotopic (exact) mass is 194 g/mol. The Kier molecular flexibility index (Phi) is 2.94. The molecule has 0 aromatic heterocycles. The molecule has 78 valence electrons. The van der Waals surface area contributed by atoms with E-state index in [0.29, 0.717) is 6.54 Å². The van der Waals surface area contributed by atoms with E-state index in [9.17, 15) is 0 Å². The maximum absolute atomic E-state index is 8.20. The number of fused-ring (bicyclic) bond motifs is 2. The highest BCUT2D eigenvalue weighted by molar-refractivity contribution is 4.93. The van der Waals surface area contributed by atoms with E-state index in [-0.39, 0.29) is 0 Å². The average molecular weight is 194 g/mol. The molecule has 0 aromatic rings. The van der Waals surface area contributed by atoms with Gasteiger partial charge in [0.05, 0.1) is 0 Å². The summed E-state index contributed by atoms with van der Waals surface area (Å²) in [5.74, 6) is 0.800. The zero-order valence-electron chi connectivity index (χ0n) is 8.76. The molecule has 0 saturated carbocycles. The molecule has 2 bridgehead atoms. The van der Waals surface area contributed by atoms with Crippen LogP contribution in [-0.2, 0) is 0 Å². The fraction of sp³-hybridized carbons (Fsp3) is 1.00. The van der Waals surface area contributed by atoms with Gasteiger partial charge in [0.15, 0.2) is 0 Å². The highest BCUT2D eigenvalue weighted by atomic mass is 15.2. The van der Waals surface area contributed by atoms with Crippen LogP contribution in [-0.4, -0.2) is 30.6 Å². The molecule has 0 amide bonds. The Labute approximate surface area is 84.9 Å². The molecule has 2 aliphatic heterocycles. The lowest BCUT2D eigenvalue weighted by atomic mass is 9.89. The molecular formula is C10H18N4. The molecule has 4 heteroatoms. The number of rotatable bonds is 3. The Balaban J connectivity index is 1.83. The number of hydrogen-bond acceptors (Lipinski definition) is 2. The van der Waals surface area contributed by atoms with Gasteiger partial charge < -0.3 is 4.90 Å². The van der Waals surface area contributed by atoms with Crippen LogP contribution in [0.15, 0.2) is 5.11 Å². The number of piperidine rings is 1. The van der Waals surface area contributed by atoms with Crippen molar-refractivity contribution in [1.29, 1.82) is 0 Å². The quantitative estimate of drug-likeness (QED) is 0.387. The van der Waals surface area contributed by atoms with Gasteiger partial charge in [-0.25, -0.2) is 0 Å². The SMILES string of the molecule is CN1C2CCC1CC(CCN=[N+]=[N-])C2. The van der Waals surface area contributed by atoms with Crippen LogP contribution in [0, 0.1) is 5.92 Å². The summed E-state index contributed by atoms with van der Waals surface area (Å²) in [4.78, 5) is 5.35. The third kappa shape index (κ3) is 1.86. The fourth-order valence-corrected chi connectivity index (χ4v) is 3.04. The van der Waals surface area contributed by atoms with E-state index < -0.39 is 0 Å². The Hall–Kier alpha value is -0.730. The first kappa shape index (κ1) is 9.81. The molecule has 2 aliphatic rings. The van der Waals surface area contributed by atoms with Crippen LogP contribution in [0.2, 0.25) is 0 Å². The van der Waals surface area contributed by atoms with E-state index >= 15 is 0 Å². The molecule has 0 aliphatic carbocycles. The molecule has 2 fully saturated rings. The molecule has 0 spiro atoms. The molecule has 4 nitrogen and oxygen atoms in total. The van der Waals surface area contributed by atoms with Crippen molar-refractivity contribution in [3.8, 4) is 0 Å². The summed E-state index contributed by atoms with van der Waals surface area (Å²) in [6, 6.07) is 1.62. The van der Waals surface area contributed by atoms with E-state index in [1.165, 1.54) is 25.7 Å². The van der Waals surface area contributed by atoms with Crippen LogP contribution in [0.25, 0.3) is 10.4 Å². The van der Waals surface area contributed by atoms with Crippen molar-refractivity contribution in [3.05, 3.63) is 10.4 Å². The summed E-state index contributed by atoms with van der Waals surface area (Å²) >= 11 is 0. The molecule has 2 unspecified atom stereocenters. The first-order valence-corrected chi connectivity index (χ1v) is 5.54. The topological polar surface area (TPSA) is 52.0 Å². The molecular weight excluding hydrogens is 176 g/mol. The van der Waals surface area contributed by atoms with Crippen LogP contribution >= 0.6 is 0 Å². The maximum atomic E-state index is 8.20. The zero-order valence-corrected chi connectivity index (χ0v) is 8.76. The zero-order chi connectivity index (χ0) is 9.97. The van der Waals surface area contributed by atoms with Crippen LogP contribution in [0.4, 0.5) is 0 Å². The van der Waals surface area contributed by atoms with Crippen LogP contribution in [0.5, 0.6) is 0 Å². The van der Waals surface area contributed by atoms with Crippen molar-refractivity contribution in [2.45, 2.75) is 44.2 Å². The molecule has 2 rings (SSSR count). The molecule has 0 aromatic carbocycles. The van der Waals surface area contributed by atoms with Crippen LogP contribution < -0.4 is 0 Å². The molecule has 14 heavy (non-hydrogen) atoms. The van der Waals surface area contributed by atoms with Crippen LogP contribution in [0.3, 0.4) is 0 Å². The van der Waals surface area contributed by atoms with Crippen molar-refractivity contribution in [1.82, 2.24) is 4.90 Å². The Morgan fingerprint density at radius 3 is 2.57 bits per heavy atom. The normalized spacial score (nSPS) is 36.8. The van der Waals surface area contributed by atoms with Crippen molar-refractivity contribution < 1.29 is 0 Å². The highest BCUT2D eigenvalue weighted by Crippen LogP contribution is 2.38. The summed E-state index contributed by atoms with van der Waals surface area (Å²) in [6.45, 7) is 0.685.